The minimum absolute atomic E-state index is 0.747. The standard InChI is InChI=1S/C14H16BrN3/c1-10-7-8-16-14(13(10)15)18(3)9-12-6-4-5-11(2)17-12/h4-8H,9H2,1-3H3. The molecule has 0 atom stereocenters. The van der Waals surface area contributed by atoms with Gasteiger partial charge in [0.15, 0.2) is 0 Å². The van der Waals surface area contributed by atoms with E-state index in [9.17, 15) is 0 Å². The predicted molar refractivity (Wildman–Crippen MR) is 77.8 cm³/mol. The van der Waals surface area contributed by atoms with Gasteiger partial charge in [-0.2, -0.15) is 0 Å². The molecule has 2 aromatic heterocycles. The zero-order valence-electron chi connectivity index (χ0n) is 10.8. The molecule has 4 heteroatoms. The van der Waals surface area contributed by atoms with E-state index >= 15 is 0 Å². The van der Waals surface area contributed by atoms with E-state index in [1.807, 2.05) is 44.4 Å². The second kappa shape index (κ2) is 5.48. The number of nitrogens with zero attached hydrogens (tertiary/aromatic N) is 3. The van der Waals surface area contributed by atoms with Crippen LogP contribution in [0, 0.1) is 13.8 Å². The number of anilines is 1. The van der Waals surface area contributed by atoms with Crippen molar-refractivity contribution in [2.45, 2.75) is 20.4 Å². The van der Waals surface area contributed by atoms with E-state index < -0.39 is 0 Å². The fourth-order valence-corrected chi connectivity index (χ4v) is 2.33. The minimum Gasteiger partial charge on any atom is -0.353 e. The maximum absolute atomic E-state index is 4.51. The zero-order valence-corrected chi connectivity index (χ0v) is 12.4. The molecule has 0 N–H and O–H groups in total. The summed E-state index contributed by atoms with van der Waals surface area (Å²) in [5, 5.41) is 0. The van der Waals surface area contributed by atoms with Gasteiger partial charge in [-0.05, 0) is 53.5 Å². The molecule has 18 heavy (non-hydrogen) atoms. The van der Waals surface area contributed by atoms with E-state index in [0.29, 0.717) is 0 Å². The Morgan fingerprint density at radius 2 is 2.00 bits per heavy atom. The van der Waals surface area contributed by atoms with Crippen LogP contribution < -0.4 is 4.90 Å². The van der Waals surface area contributed by atoms with Crippen LogP contribution in [0.15, 0.2) is 34.9 Å². The molecule has 0 fully saturated rings. The molecule has 0 spiro atoms. The first-order valence-corrected chi connectivity index (χ1v) is 6.62. The van der Waals surface area contributed by atoms with Gasteiger partial charge in [0.1, 0.15) is 5.82 Å². The molecule has 0 saturated heterocycles. The van der Waals surface area contributed by atoms with Gasteiger partial charge < -0.3 is 4.90 Å². The first-order chi connectivity index (χ1) is 8.58. The highest BCUT2D eigenvalue weighted by Crippen LogP contribution is 2.26. The Balaban J connectivity index is 2.22. The quantitative estimate of drug-likeness (QED) is 0.869. The highest BCUT2D eigenvalue weighted by atomic mass is 79.9. The summed E-state index contributed by atoms with van der Waals surface area (Å²) in [6, 6.07) is 8.06. The molecular formula is C14H16BrN3. The monoisotopic (exact) mass is 305 g/mol. The molecule has 0 amide bonds. The third-order valence-corrected chi connectivity index (χ3v) is 3.75. The molecule has 0 radical (unpaired) electrons. The lowest BCUT2D eigenvalue weighted by Gasteiger charge is -2.20. The SMILES string of the molecule is Cc1cccc(CN(C)c2nccc(C)c2Br)n1. The summed E-state index contributed by atoms with van der Waals surface area (Å²) in [6.45, 7) is 4.81. The van der Waals surface area contributed by atoms with E-state index in [1.54, 1.807) is 0 Å². The lowest BCUT2D eigenvalue weighted by molar-refractivity contribution is 0.855. The topological polar surface area (TPSA) is 29.0 Å². The van der Waals surface area contributed by atoms with Gasteiger partial charge in [0.25, 0.3) is 0 Å². The third kappa shape index (κ3) is 2.88. The number of hydrogen-bond donors (Lipinski definition) is 0. The van der Waals surface area contributed by atoms with Gasteiger partial charge in [-0.3, -0.25) is 4.98 Å². The van der Waals surface area contributed by atoms with Crippen molar-refractivity contribution >= 4 is 21.7 Å². The highest BCUT2D eigenvalue weighted by Gasteiger charge is 2.10. The largest absolute Gasteiger partial charge is 0.353 e. The zero-order chi connectivity index (χ0) is 13.1. The van der Waals surface area contributed by atoms with Crippen molar-refractivity contribution in [1.82, 2.24) is 9.97 Å². The molecule has 2 heterocycles. The van der Waals surface area contributed by atoms with Crippen LogP contribution in [-0.4, -0.2) is 17.0 Å². The number of rotatable bonds is 3. The van der Waals surface area contributed by atoms with Crippen LogP contribution in [0.2, 0.25) is 0 Å². The second-order valence-corrected chi connectivity index (χ2v) is 5.18. The molecule has 0 aliphatic heterocycles. The van der Waals surface area contributed by atoms with Crippen LogP contribution >= 0.6 is 15.9 Å². The van der Waals surface area contributed by atoms with Gasteiger partial charge in [0.05, 0.1) is 16.7 Å². The summed E-state index contributed by atoms with van der Waals surface area (Å²) in [5.41, 5.74) is 3.27. The molecule has 94 valence electrons. The maximum atomic E-state index is 4.51. The highest BCUT2D eigenvalue weighted by molar-refractivity contribution is 9.10. The van der Waals surface area contributed by atoms with Gasteiger partial charge in [-0.15, -0.1) is 0 Å². The predicted octanol–water partition coefficient (Wildman–Crippen LogP) is 3.49. The fourth-order valence-electron chi connectivity index (χ4n) is 1.80. The Morgan fingerprint density at radius 3 is 2.72 bits per heavy atom. The number of aryl methyl sites for hydroxylation is 2. The van der Waals surface area contributed by atoms with Crippen molar-refractivity contribution in [2.24, 2.45) is 0 Å². The summed E-state index contributed by atoms with van der Waals surface area (Å²) in [4.78, 5) is 11.0. The molecule has 2 aromatic rings. The second-order valence-electron chi connectivity index (χ2n) is 4.39. The average Bonchev–Trinajstić information content (AvgIpc) is 2.32. The Kier molecular flexibility index (Phi) is 3.97. The van der Waals surface area contributed by atoms with Crippen LogP contribution in [-0.2, 0) is 6.54 Å². The third-order valence-electron chi connectivity index (χ3n) is 2.77. The van der Waals surface area contributed by atoms with Crippen molar-refractivity contribution in [2.75, 3.05) is 11.9 Å². The number of aromatic nitrogens is 2. The van der Waals surface area contributed by atoms with Gasteiger partial charge in [-0.25, -0.2) is 4.98 Å². The molecule has 0 unspecified atom stereocenters. The first-order valence-electron chi connectivity index (χ1n) is 5.82. The van der Waals surface area contributed by atoms with Gasteiger partial charge in [-0.1, -0.05) is 6.07 Å². The van der Waals surface area contributed by atoms with E-state index in [-0.39, 0.29) is 0 Å². The molecule has 0 aromatic carbocycles. The van der Waals surface area contributed by atoms with E-state index in [2.05, 4.69) is 37.7 Å². The van der Waals surface area contributed by atoms with Gasteiger partial charge >= 0.3 is 0 Å². The van der Waals surface area contributed by atoms with Crippen molar-refractivity contribution in [3.8, 4) is 0 Å². The maximum Gasteiger partial charge on any atom is 0.143 e. The van der Waals surface area contributed by atoms with E-state index in [4.69, 9.17) is 0 Å². The molecule has 0 saturated carbocycles. The van der Waals surface area contributed by atoms with E-state index in [1.165, 1.54) is 5.56 Å². The summed E-state index contributed by atoms with van der Waals surface area (Å²) in [5.74, 6) is 0.943. The number of hydrogen-bond acceptors (Lipinski definition) is 3. The van der Waals surface area contributed by atoms with Crippen LogP contribution in [0.25, 0.3) is 0 Å². The van der Waals surface area contributed by atoms with E-state index in [0.717, 1.165) is 28.2 Å². The molecular weight excluding hydrogens is 290 g/mol. The van der Waals surface area contributed by atoms with Crippen LogP contribution in [0.4, 0.5) is 5.82 Å². The fraction of sp³-hybridized carbons (Fsp3) is 0.286. The lowest BCUT2D eigenvalue weighted by Crippen LogP contribution is -2.19. The first kappa shape index (κ1) is 13.0. The molecule has 2 rings (SSSR count). The number of halogens is 1. The molecule has 0 bridgehead atoms. The van der Waals surface area contributed by atoms with Crippen LogP contribution in [0.5, 0.6) is 0 Å². The summed E-state index contributed by atoms with van der Waals surface area (Å²) in [7, 11) is 2.02. The normalized spacial score (nSPS) is 10.4. The van der Waals surface area contributed by atoms with Crippen LogP contribution in [0.3, 0.4) is 0 Å². The Bertz CT molecular complexity index is 554. The van der Waals surface area contributed by atoms with Crippen molar-refractivity contribution in [3.05, 3.63) is 51.9 Å². The van der Waals surface area contributed by atoms with Crippen molar-refractivity contribution in [3.63, 3.8) is 0 Å². The minimum atomic E-state index is 0.747. The molecule has 0 aliphatic carbocycles. The smallest absolute Gasteiger partial charge is 0.143 e. The molecule has 0 aliphatic rings. The Morgan fingerprint density at radius 1 is 1.22 bits per heavy atom. The van der Waals surface area contributed by atoms with Crippen molar-refractivity contribution in [1.29, 1.82) is 0 Å². The lowest BCUT2D eigenvalue weighted by atomic mass is 10.2. The molecule has 3 nitrogen and oxygen atoms in total. The van der Waals surface area contributed by atoms with Gasteiger partial charge in [0, 0.05) is 18.9 Å². The van der Waals surface area contributed by atoms with Crippen LogP contribution in [0.1, 0.15) is 17.0 Å². The summed E-state index contributed by atoms with van der Waals surface area (Å²) >= 11 is 3.58. The van der Waals surface area contributed by atoms with Crippen molar-refractivity contribution < 1.29 is 0 Å². The van der Waals surface area contributed by atoms with Gasteiger partial charge in [0.2, 0.25) is 0 Å². The summed E-state index contributed by atoms with van der Waals surface area (Å²) < 4.78 is 1.04. The summed E-state index contributed by atoms with van der Waals surface area (Å²) in [6.07, 6.45) is 1.83. The average molecular weight is 306 g/mol. The number of pyridine rings is 2. The Hall–Kier alpha value is -1.42. The Labute approximate surface area is 116 Å².